The minimum absolute atomic E-state index is 0.112. The fraction of sp³-hybridized carbons (Fsp3) is 0.625. The lowest BCUT2D eigenvalue weighted by atomic mass is 10.0. The summed E-state index contributed by atoms with van der Waals surface area (Å²) in [6.07, 6.45) is 0. The van der Waals surface area contributed by atoms with Crippen molar-refractivity contribution in [3.63, 3.8) is 0 Å². The quantitative estimate of drug-likeness (QED) is 0.797. The Hall–Kier alpha value is -1.46. The third kappa shape index (κ3) is 4.25. The number of methoxy groups -OCH3 is 3. The highest BCUT2D eigenvalue weighted by Gasteiger charge is 2.21. The molecule has 0 aliphatic rings. The molecule has 2 N–H and O–H groups in total. The van der Waals surface area contributed by atoms with E-state index in [0.717, 1.165) is 12.1 Å². The lowest BCUT2D eigenvalue weighted by Gasteiger charge is -2.29. The molecule has 1 rings (SSSR count). The van der Waals surface area contributed by atoms with Crippen LogP contribution in [-0.2, 0) is 0 Å². The fourth-order valence-electron chi connectivity index (χ4n) is 2.57. The number of rotatable bonds is 8. The molecule has 0 fully saturated rings. The van der Waals surface area contributed by atoms with Crippen molar-refractivity contribution in [2.75, 3.05) is 41.5 Å². The largest absolute Gasteiger partial charge is 0.493 e. The Labute approximate surface area is 128 Å². The van der Waals surface area contributed by atoms with Gasteiger partial charge in [-0.2, -0.15) is 0 Å². The molecule has 0 saturated heterocycles. The molecule has 0 aromatic heterocycles. The third-order valence-corrected chi connectivity index (χ3v) is 3.48. The summed E-state index contributed by atoms with van der Waals surface area (Å²) < 4.78 is 16.2. The molecule has 1 atom stereocenters. The van der Waals surface area contributed by atoms with Crippen LogP contribution in [0.1, 0.15) is 25.5 Å². The van der Waals surface area contributed by atoms with E-state index in [1.165, 1.54) is 0 Å². The zero-order valence-electron chi connectivity index (χ0n) is 14.0. The second-order valence-electron chi connectivity index (χ2n) is 5.54. The Morgan fingerprint density at radius 1 is 1.05 bits per heavy atom. The number of likely N-dealkylation sites (N-methyl/N-ethyl adjacent to an activating group) is 1. The van der Waals surface area contributed by atoms with Crippen LogP contribution in [0.4, 0.5) is 0 Å². The van der Waals surface area contributed by atoms with Crippen LogP contribution in [0.5, 0.6) is 17.2 Å². The van der Waals surface area contributed by atoms with E-state index >= 15 is 0 Å². The molecule has 1 aromatic carbocycles. The molecule has 0 amide bonds. The van der Waals surface area contributed by atoms with E-state index in [9.17, 15) is 0 Å². The van der Waals surface area contributed by atoms with E-state index in [1.54, 1.807) is 21.3 Å². The molecule has 0 radical (unpaired) electrons. The molecule has 120 valence electrons. The van der Waals surface area contributed by atoms with Crippen molar-refractivity contribution < 1.29 is 14.2 Å². The van der Waals surface area contributed by atoms with Gasteiger partial charge in [0.2, 0.25) is 5.75 Å². The molecule has 0 spiro atoms. The SMILES string of the molecule is COc1cc(C(CN)N(C)CC(C)C)cc(OC)c1OC. The van der Waals surface area contributed by atoms with Crippen LogP contribution >= 0.6 is 0 Å². The summed E-state index contributed by atoms with van der Waals surface area (Å²) in [6.45, 7) is 5.89. The van der Waals surface area contributed by atoms with Crippen LogP contribution in [0.15, 0.2) is 12.1 Å². The normalized spacial score (nSPS) is 12.6. The Kier molecular flexibility index (Phi) is 6.78. The van der Waals surface area contributed by atoms with Crippen molar-refractivity contribution in [2.24, 2.45) is 11.7 Å². The molecule has 0 bridgehead atoms. The van der Waals surface area contributed by atoms with Gasteiger partial charge in [-0.25, -0.2) is 0 Å². The van der Waals surface area contributed by atoms with Gasteiger partial charge in [0.1, 0.15) is 0 Å². The van der Waals surface area contributed by atoms with E-state index < -0.39 is 0 Å². The summed E-state index contributed by atoms with van der Waals surface area (Å²) in [5.41, 5.74) is 7.05. The average Bonchev–Trinajstić information content (AvgIpc) is 2.45. The summed E-state index contributed by atoms with van der Waals surface area (Å²) >= 11 is 0. The predicted octanol–water partition coefficient (Wildman–Crippen LogP) is 2.30. The van der Waals surface area contributed by atoms with Crippen LogP contribution in [0, 0.1) is 5.92 Å². The minimum atomic E-state index is 0.112. The second kappa shape index (κ2) is 8.10. The number of ether oxygens (including phenoxy) is 3. The first-order chi connectivity index (χ1) is 9.98. The van der Waals surface area contributed by atoms with E-state index in [4.69, 9.17) is 19.9 Å². The van der Waals surface area contributed by atoms with Crippen molar-refractivity contribution in [1.82, 2.24) is 4.90 Å². The van der Waals surface area contributed by atoms with E-state index in [1.807, 2.05) is 12.1 Å². The molecule has 0 heterocycles. The van der Waals surface area contributed by atoms with Gasteiger partial charge in [0.05, 0.1) is 21.3 Å². The van der Waals surface area contributed by atoms with Gasteiger partial charge in [-0.05, 0) is 30.7 Å². The molecule has 0 saturated carbocycles. The number of hydrogen-bond donors (Lipinski definition) is 1. The topological polar surface area (TPSA) is 57.0 Å². The molecule has 5 heteroatoms. The minimum Gasteiger partial charge on any atom is -0.493 e. The Bertz CT molecular complexity index is 424. The highest BCUT2D eigenvalue weighted by atomic mass is 16.5. The van der Waals surface area contributed by atoms with Gasteiger partial charge in [0.25, 0.3) is 0 Å². The molecule has 5 nitrogen and oxygen atoms in total. The van der Waals surface area contributed by atoms with Gasteiger partial charge in [-0.15, -0.1) is 0 Å². The van der Waals surface area contributed by atoms with Gasteiger partial charge in [0.15, 0.2) is 11.5 Å². The third-order valence-electron chi connectivity index (χ3n) is 3.48. The lowest BCUT2D eigenvalue weighted by molar-refractivity contribution is 0.222. The number of hydrogen-bond acceptors (Lipinski definition) is 5. The maximum absolute atomic E-state index is 5.98. The average molecular weight is 296 g/mol. The van der Waals surface area contributed by atoms with Crippen LogP contribution in [0.2, 0.25) is 0 Å². The first-order valence-corrected chi connectivity index (χ1v) is 7.18. The molecule has 1 unspecified atom stereocenters. The number of nitrogens with two attached hydrogens (primary N) is 1. The molecular weight excluding hydrogens is 268 g/mol. The second-order valence-corrected chi connectivity index (χ2v) is 5.54. The maximum Gasteiger partial charge on any atom is 0.203 e. The van der Waals surface area contributed by atoms with Crippen molar-refractivity contribution in [3.05, 3.63) is 17.7 Å². The molecule has 0 aliphatic heterocycles. The Morgan fingerprint density at radius 3 is 1.90 bits per heavy atom. The van der Waals surface area contributed by atoms with Gasteiger partial charge in [-0.3, -0.25) is 4.90 Å². The van der Waals surface area contributed by atoms with Gasteiger partial charge in [-0.1, -0.05) is 13.8 Å². The predicted molar refractivity (Wildman–Crippen MR) is 85.4 cm³/mol. The van der Waals surface area contributed by atoms with Crippen molar-refractivity contribution >= 4 is 0 Å². The first-order valence-electron chi connectivity index (χ1n) is 7.18. The van der Waals surface area contributed by atoms with Crippen molar-refractivity contribution in [2.45, 2.75) is 19.9 Å². The van der Waals surface area contributed by atoms with E-state index in [-0.39, 0.29) is 6.04 Å². The molecule has 0 aliphatic carbocycles. The Balaban J connectivity index is 3.20. The summed E-state index contributed by atoms with van der Waals surface area (Å²) in [5.74, 6) is 2.49. The van der Waals surface area contributed by atoms with Crippen LogP contribution in [0.25, 0.3) is 0 Å². The molecular formula is C16H28N2O3. The van der Waals surface area contributed by atoms with Gasteiger partial charge in [0, 0.05) is 19.1 Å². The van der Waals surface area contributed by atoms with E-state index in [2.05, 4.69) is 25.8 Å². The Morgan fingerprint density at radius 2 is 1.57 bits per heavy atom. The summed E-state index contributed by atoms with van der Waals surface area (Å²) in [5, 5.41) is 0. The van der Waals surface area contributed by atoms with Crippen LogP contribution in [0.3, 0.4) is 0 Å². The summed E-state index contributed by atoms with van der Waals surface area (Å²) in [6, 6.07) is 4.05. The van der Waals surface area contributed by atoms with Crippen LogP contribution < -0.4 is 19.9 Å². The van der Waals surface area contributed by atoms with Crippen molar-refractivity contribution in [1.29, 1.82) is 0 Å². The fourth-order valence-corrected chi connectivity index (χ4v) is 2.57. The summed E-state index contributed by atoms with van der Waals surface area (Å²) in [7, 11) is 6.93. The number of nitrogens with zero attached hydrogens (tertiary/aromatic N) is 1. The standard InChI is InChI=1S/C16H28N2O3/c1-11(2)10-18(3)13(9-17)12-7-14(19-4)16(21-6)15(8-12)20-5/h7-8,11,13H,9-10,17H2,1-6H3. The highest BCUT2D eigenvalue weighted by Crippen LogP contribution is 2.40. The molecule has 1 aromatic rings. The zero-order valence-corrected chi connectivity index (χ0v) is 14.0. The zero-order chi connectivity index (χ0) is 16.0. The van der Waals surface area contributed by atoms with Crippen molar-refractivity contribution in [3.8, 4) is 17.2 Å². The lowest BCUT2D eigenvalue weighted by Crippen LogP contribution is -2.33. The first kappa shape index (κ1) is 17.6. The summed E-state index contributed by atoms with van der Waals surface area (Å²) in [4.78, 5) is 2.26. The molecule has 21 heavy (non-hydrogen) atoms. The van der Waals surface area contributed by atoms with Crippen LogP contribution in [-0.4, -0.2) is 46.4 Å². The number of benzene rings is 1. The maximum atomic E-state index is 5.98. The van der Waals surface area contributed by atoms with Gasteiger partial charge >= 0.3 is 0 Å². The monoisotopic (exact) mass is 296 g/mol. The van der Waals surface area contributed by atoms with E-state index in [0.29, 0.717) is 29.7 Å². The highest BCUT2D eigenvalue weighted by molar-refractivity contribution is 5.54. The smallest absolute Gasteiger partial charge is 0.203 e. The van der Waals surface area contributed by atoms with Gasteiger partial charge < -0.3 is 19.9 Å².